The molecule has 1 aromatic rings. The first-order chi connectivity index (χ1) is 14.0. The summed E-state index contributed by atoms with van der Waals surface area (Å²) in [6, 6.07) is 4.36. The van der Waals surface area contributed by atoms with Crippen LogP contribution < -0.4 is 10.2 Å². The molecule has 0 radical (unpaired) electrons. The van der Waals surface area contributed by atoms with Gasteiger partial charge in [-0.25, -0.2) is 4.79 Å². The minimum atomic E-state index is -0.752. The number of rotatable bonds is 6. The quantitative estimate of drug-likeness (QED) is 0.335. The Balaban J connectivity index is 1.59. The summed E-state index contributed by atoms with van der Waals surface area (Å²) in [5.41, 5.74) is 0.334. The molecule has 1 amide bonds. The zero-order valence-corrected chi connectivity index (χ0v) is 16.4. The number of carbonyl (C=O) groups is 2. The molecule has 1 aliphatic carbocycles. The Hall–Kier alpha value is -2.68. The van der Waals surface area contributed by atoms with Crippen LogP contribution >= 0.6 is 0 Å². The average Bonchev–Trinajstić information content (AvgIpc) is 3.00. The SMILES string of the molecule is O=C(COC(=O)c1ccc(N2CCOCC2)c([N+](=O)[O-])c1)NC1CCCCCC1. The Bertz CT molecular complexity index is 740. The van der Waals surface area contributed by atoms with Crippen LogP contribution in [0.5, 0.6) is 0 Å². The molecule has 158 valence electrons. The maximum atomic E-state index is 12.3. The van der Waals surface area contributed by atoms with Crippen molar-refractivity contribution in [1.29, 1.82) is 0 Å². The summed E-state index contributed by atoms with van der Waals surface area (Å²) in [7, 11) is 0. The molecule has 0 aromatic heterocycles. The Morgan fingerprint density at radius 3 is 2.52 bits per heavy atom. The van der Waals surface area contributed by atoms with Crippen molar-refractivity contribution < 1.29 is 24.0 Å². The van der Waals surface area contributed by atoms with Crippen LogP contribution in [0.3, 0.4) is 0 Å². The molecule has 1 aliphatic heterocycles. The van der Waals surface area contributed by atoms with E-state index in [1.54, 1.807) is 6.07 Å². The lowest BCUT2D eigenvalue weighted by molar-refractivity contribution is -0.384. The van der Waals surface area contributed by atoms with E-state index in [1.807, 2.05) is 4.90 Å². The third-order valence-corrected chi connectivity index (χ3v) is 5.31. The number of esters is 1. The van der Waals surface area contributed by atoms with E-state index in [4.69, 9.17) is 9.47 Å². The van der Waals surface area contributed by atoms with E-state index >= 15 is 0 Å². The Morgan fingerprint density at radius 2 is 1.86 bits per heavy atom. The van der Waals surface area contributed by atoms with Crippen molar-refractivity contribution in [3.63, 3.8) is 0 Å². The maximum Gasteiger partial charge on any atom is 0.338 e. The van der Waals surface area contributed by atoms with Crippen LogP contribution in [0.1, 0.15) is 48.9 Å². The van der Waals surface area contributed by atoms with Gasteiger partial charge in [0.05, 0.1) is 23.7 Å². The van der Waals surface area contributed by atoms with Gasteiger partial charge in [-0.15, -0.1) is 0 Å². The number of nitrogens with one attached hydrogen (secondary N) is 1. The van der Waals surface area contributed by atoms with Crippen molar-refractivity contribution in [1.82, 2.24) is 5.32 Å². The van der Waals surface area contributed by atoms with E-state index < -0.39 is 17.5 Å². The van der Waals surface area contributed by atoms with E-state index in [1.165, 1.54) is 25.0 Å². The first kappa shape index (κ1) is 21.0. The topological polar surface area (TPSA) is 111 Å². The highest BCUT2D eigenvalue weighted by atomic mass is 16.6. The lowest BCUT2D eigenvalue weighted by Crippen LogP contribution is -2.37. The zero-order chi connectivity index (χ0) is 20.6. The molecule has 1 N–H and O–H groups in total. The third kappa shape index (κ3) is 5.90. The van der Waals surface area contributed by atoms with E-state index in [0.29, 0.717) is 32.0 Å². The van der Waals surface area contributed by atoms with E-state index in [0.717, 1.165) is 25.7 Å². The summed E-state index contributed by atoms with van der Waals surface area (Å²) in [5, 5.41) is 14.4. The van der Waals surface area contributed by atoms with Gasteiger partial charge in [0.1, 0.15) is 5.69 Å². The van der Waals surface area contributed by atoms with Crippen LogP contribution in [0.25, 0.3) is 0 Å². The second-order valence-corrected chi connectivity index (χ2v) is 7.39. The second-order valence-electron chi connectivity index (χ2n) is 7.39. The van der Waals surface area contributed by atoms with Gasteiger partial charge in [0, 0.05) is 25.2 Å². The zero-order valence-electron chi connectivity index (χ0n) is 16.4. The van der Waals surface area contributed by atoms with Crippen molar-refractivity contribution in [2.24, 2.45) is 0 Å². The number of anilines is 1. The van der Waals surface area contributed by atoms with E-state index in [-0.39, 0.29) is 23.2 Å². The smallest absolute Gasteiger partial charge is 0.338 e. The summed E-state index contributed by atoms with van der Waals surface area (Å²) < 4.78 is 10.4. The van der Waals surface area contributed by atoms with Crippen LogP contribution in [-0.2, 0) is 14.3 Å². The van der Waals surface area contributed by atoms with Crippen LogP contribution in [0.2, 0.25) is 0 Å². The molecule has 9 heteroatoms. The van der Waals surface area contributed by atoms with Crippen LogP contribution in [0.15, 0.2) is 18.2 Å². The lowest BCUT2D eigenvalue weighted by atomic mass is 10.1. The van der Waals surface area contributed by atoms with Gasteiger partial charge in [-0.2, -0.15) is 0 Å². The van der Waals surface area contributed by atoms with Crippen molar-refractivity contribution in [3.05, 3.63) is 33.9 Å². The molecule has 2 aliphatic rings. The standard InChI is InChI=1S/C20H27N3O6/c24-19(21-16-5-3-1-2-4-6-16)14-29-20(25)15-7-8-17(18(13-15)23(26)27)22-9-11-28-12-10-22/h7-8,13,16H,1-6,9-12,14H2,(H,21,24). The molecular weight excluding hydrogens is 378 g/mol. The Labute approximate surface area is 169 Å². The van der Waals surface area contributed by atoms with Crippen LogP contribution in [0.4, 0.5) is 11.4 Å². The molecule has 2 fully saturated rings. The summed E-state index contributed by atoms with van der Waals surface area (Å²) in [6.07, 6.45) is 6.42. The number of amides is 1. The third-order valence-electron chi connectivity index (χ3n) is 5.31. The number of carbonyl (C=O) groups excluding carboxylic acids is 2. The Kier molecular flexibility index (Phi) is 7.40. The number of nitro groups is 1. The predicted octanol–water partition coefficient (Wildman–Crippen LogP) is 2.43. The van der Waals surface area contributed by atoms with E-state index in [2.05, 4.69) is 5.32 Å². The molecule has 0 unspecified atom stereocenters. The molecule has 1 saturated heterocycles. The number of hydrogen-bond donors (Lipinski definition) is 1. The number of morpholine rings is 1. The van der Waals surface area contributed by atoms with Crippen LogP contribution in [-0.4, -0.2) is 55.8 Å². The molecule has 3 rings (SSSR count). The Morgan fingerprint density at radius 1 is 1.17 bits per heavy atom. The molecule has 1 heterocycles. The number of ether oxygens (including phenoxy) is 2. The summed E-state index contributed by atoms with van der Waals surface area (Å²) in [6.45, 7) is 1.69. The van der Waals surface area contributed by atoms with E-state index in [9.17, 15) is 19.7 Å². The highest BCUT2D eigenvalue weighted by Crippen LogP contribution is 2.30. The number of benzene rings is 1. The minimum Gasteiger partial charge on any atom is -0.452 e. The predicted molar refractivity (Wildman–Crippen MR) is 106 cm³/mol. The maximum absolute atomic E-state index is 12.3. The largest absolute Gasteiger partial charge is 0.452 e. The van der Waals surface area contributed by atoms with Crippen molar-refractivity contribution in [2.45, 2.75) is 44.6 Å². The summed E-state index contributed by atoms with van der Waals surface area (Å²) in [4.78, 5) is 37.2. The highest BCUT2D eigenvalue weighted by molar-refractivity contribution is 5.93. The van der Waals surface area contributed by atoms with Gasteiger partial charge >= 0.3 is 5.97 Å². The molecule has 9 nitrogen and oxygen atoms in total. The number of hydrogen-bond acceptors (Lipinski definition) is 7. The van der Waals surface area contributed by atoms with Gasteiger partial charge in [0.15, 0.2) is 6.61 Å². The molecule has 0 spiro atoms. The molecule has 29 heavy (non-hydrogen) atoms. The molecule has 1 saturated carbocycles. The van der Waals surface area contributed by atoms with Gasteiger partial charge in [0.25, 0.3) is 11.6 Å². The first-order valence-electron chi connectivity index (χ1n) is 10.1. The second kappa shape index (κ2) is 10.2. The van der Waals surface area contributed by atoms with Crippen LogP contribution in [0, 0.1) is 10.1 Å². The molecular formula is C20H27N3O6. The summed E-state index contributed by atoms with van der Waals surface area (Å²) in [5.74, 6) is -1.10. The molecule has 1 aromatic carbocycles. The van der Waals surface area contributed by atoms with Gasteiger partial charge in [-0.05, 0) is 25.0 Å². The first-order valence-corrected chi connectivity index (χ1v) is 10.1. The van der Waals surface area contributed by atoms with Gasteiger partial charge in [-0.1, -0.05) is 25.7 Å². The fraction of sp³-hybridized carbons (Fsp3) is 0.600. The lowest BCUT2D eigenvalue weighted by Gasteiger charge is -2.28. The van der Waals surface area contributed by atoms with Crippen molar-refractivity contribution in [3.8, 4) is 0 Å². The normalized spacial score (nSPS) is 18.0. The van der Waals surface area contributed by atoms with Gasteiger partial charge < -0.3 is 19.7 Å². The minimum absolute atomic E-state index is 0.0518. The summed E-state index contributed by atoms with van der Waals surface area (Å²) >= 11 is 0. The van der Waals surface area contributed by atoms with Crippen molar-refractivity contribution in [2.75, 3.05) is 37.8 Å². The molecule has 0 bridgehead atoms. The number of nitro benzene ring substituents is 1. The average molecular weight is 405 g/mol. The van der Waals surface area contributed by atoms with Gasteiger partial charge in [0.2, 0.25) is 0 Å². The van der Waals surface area contributed by atoms with Gasteiger partial charge in [-0.3, -0.25) is 14.9 Å². The highest BCUT2D eigenvalue weighted by Gasteiger charge is 2.24. The number of nitrogens with zero attached hydrogens (tertiary/aromatic N) is 2. The van der Waals surface area contributed by atoms with Crippen molar-refractivity contribution >= 4 is 23.3 Å². The fourth-order valence-corrected chi connectivity index (χ4v) is 3.78. The monoisotopic (exact) mass is 405 g/mol. The fourth-order valence-electron chi connectivity index (χ4n) is 3.78. The molecule has 0 atom stereocenters.